The lowest BCUT2D eigenvalue weighted by molar-refractivity contribution is 0.283. The van der Waals surface area contributed by atoms with E-state index in [9.17, 15) is 12.8 Å². The van der Waals surface area contributed by atoms with Gasteiger partial charge in [-0.25, -0.2) is 17.5 Å². The normalized spacial score (nSPS) is 11.7. The fourth-order valence-corrected chi connectivity index (χ4v) is 2.58. The Bertz CT molecular complexity index is 471. The van der Waals surface area contributed by atoms with Gasteiger partial charge in [-0.15, -0.1) is 0 Å². The van der Waals surface area contributed by atoms with Gasteiger partial charge in [0.25, 0.3) is 0 Å². The van der Waals surface area contributed by atoms with Crippen LogP contribution in [0.2, 0.25) is 0 Å². The van der Waals surface area contributed by atoms with Gasteiger partial charge in [-0.05, 0) is 37.5 Å². The van der Waals surface area contributed by atoms with Crippen LogP contribution < -0.4 is 10.5 Å². The van der Waals surface area contributed by atoms with Crippen LogP contribution >= 0.6 is 0 Å². The summed E-state index contributed by atoms with van der Waals surface area (Å²) in [6.45, 7) is 0.339. The Morgan fingerprint density at radius 2 is 1.94 bits per heavy atom. The molecule has 0 aromatic heterocycles. The zero-order chi connectivity index (χ0) is 13.6. The quantitative estimate of drug-likeness (QED) is 0.508. The molecule has 5 nitrogen and oxygen atoms in total. The van der Waals surface area contributed by atoms with Gasteiger partial charge in [0.2, 0.25) is 10.0 Å². The average Bonchev–Trinajstić information content (AvgIpc) is 2.27. The average molecular weight is 276 g/mol. The van der Waals surface area contributed by atoms with E-state index < -0.39 is 15.8 Å². The standard InChI is InChI=1S/C11H17FN2O3S/c12-9-6-10(13)8-11(7-9)18(16,17)14-4-2-1-3-5-15/h6-8,14-15H,1-5,13H2. The second-order valence-electron chi connectivity index (χ2n) is 3.90. The minimum absolute atomic E-state index is 0.0654. The molecule has 18 heavy (non-hydrogen) atoms. The van der Waals surface area contributed by atoms with Crippen LogP contribution in [0.5, 0.6) is 0 Å². The summed E-state index contributed by atoms with van der Waals surface area (Å²) in [5.74, 6) is -0.685. The number of aliphatic hydroxyl groups is 1. The molecule has 0 atom stereocenters. The molecule has 4 N–H and O–H groups in total. The van der Waals surface area contributed by atoms with E-state index in [1.807, 2.05) is 0 Å². The molecule has 0 saturated carbocycles. The van der Waals surface area contributed by atoms with Crippen LogP contribution in [0.3, 0.4) is 0 Å². The van der Waals surface area contributed by atoms with Crippen LogP contribution in [0.15, 0.2) is 23.1 Å². The second-order valence-corrected chi connectivity index (χ2v) is 5.67. The molecule has 0 aliphatic rings. The Labute approximate surface area is 106 Å². The van der Waals surface area contributed by atoms with Gasteiger partial charge >= 0.3 is 0 Å². The lowest BCUT2D eigenvalue weighted by atomic mass is 10.2. The summed E-state index contributed by atoms with van der Waals surface area (Å²) >= 11 is 0. The van der Waals surface area contributed by atoms with Crippen LogP contribution in [0.1, 0.15) is 19.3 Å². The molecule has 1 aromatic rings. The Balaban J connectivity index is 2.63. The van der Waals surface area contributed by atoms with Crippen molar-refractivity contribution in [1.82, 2.24) is 4.72 Å². The summed E-state index contributed by atoms with van der Waals surface area (Å²) in [5.41, 5.74) is 5.46. The van der Waals surface area contributed by atoms with Gasteiger partial charge in [0.15, 0.2) is 0 Å². The summed E-state index contributed by atoms with van der Waals surface area (Å²) in [6, 6.07) is 3.19. The molecular formula is C11H17FN2O3S. The van der Waals surface area contributed by atoms with E-state index in [1.165, 1.54) is 6.07 Å². The molecule has 0 spiro atoms. The molecule has 0 amide bonds. The Morgan fingerprint density at radius 1 is 1.22 bits per heavy atom. The Kier molecular flexibility index (Phi) is 5.52. The van der Waals surface area contributed by atoms with Crippen LogP contribution in [0, 0.1) is 5.82 Å². The lowest BCUT2D eigenvalue weighted by Crippen LogP contribution is -2.25. The van der Waals surface area contributed by atoms with Crippen molar-refractivity contribution >= 4 is 15.7 Å². The Hall–Kier alpha value is -1.18. The summed E-state index contributed by atoms with van der Waals surface area (Å²) in [7, 11) is -3.72. The molecule has 0 heterocycles. The van der Waals surface area contributed by atoms with E-state index in [-0.39, 0.29) is 23.7 Å². The van der Waals surface area contributed by atoms with Gasteiger partial charge in [-0.3, -0.25) is 0 Å². The lowest BCUT2D eigenvalue weighted by Gasteiger charge is -2.07. The highest BCUT2D eigenvalue weighted by Crippen LogP contribution is 2.15. The maximum atomic E-state index is 13.0. The number of hydrogen-bond donors (Lipinski definition) is 3. The number of aliphatic hydroxyl groups excluding tert-OH is 1. The minimum atomic E-state index is -3.72. The number of rotatable bonds is 7. The van der Waals surface area contributed by atoms with Crippen molar-refractivity contribution in [3.05, 3.63) is 24.0 Å². The summed E-state index contributed by atoms with van der Waals surface area (Å²) in [6.07, 6.45) is 1.98. The molecule has 0 aliphatic carbocycles. The molecule has 0 saturated heterocycles. The number of hydrogen-bond acceptors (Lipinski definition) is 4. The van der Waals surface area contributed by atoms with Crippen LogP contribution in [0.25, 0.3) is 0 Å². The van der Waals surface area contributed by atoms with E-state index >= 15 is 0 Å². The van der Waals surface area contributed by atoms with Crippen molar-refractivity contribution < 1.29 is 17.9 Å². The number of sulfonamides is 1. The first kappa shape index (κ1) is 14.9. The fraction of sp³-hybridized carbons (Fsp3) is 0.455. The van der Waals surface area contributed by atoms with Gasteiger partial charge in [0, 0.05) is 18.8 Å². The third-order valence-electron chi connectivity index (χ3n) is 2.33. The monoisotopic (exact) mass is 276 g/mol. The van der Waals surface area contributed by atoms with E-state index in [0.29, 0.717) is 12.8 Å². The predicted octanol–water partition coefficient (Wildman–Crippen LogP) is 0.849. The highest BCUT2D eigenvalue weighted by molar-refractivity contribution is 7.89. The molecule has 0 aliphatic heterocycles. The SMILES string of the molecule is Nc1cc(F)cc(S(=O)(=O)NCCCCCO)c1. The van der Waals surface area contributed by atoms with Crippen LogP contribution in [-0.4, -0.2) is 26.7 Å². The molecular weight excluding hydrogens is 259 g/mol. The number of benzene rings is 1. The molecule has 102 valence electrons. The highest BCUT2D eigenvalue weighted by Gasteiger charge is 2.14. The second kappa shape index (κ2) is 6.67. The number of halogens is 1. The maximum absolute atomic E-state index is 13.0. The fourth-order valence-electron chi connectivity index (χ4n) is 1.44. The van der Waals surface area contributed by atoms with E-state index in [0.717, 1.165) is 18.6 Å². The Morgan fingerprint density at radius 3 is 2.56 bits per heavy atom. The number of nitrogens with one attached hydrogen (secondary N) is 1. The molecule has 1 aromatic carbocycles. The zero-order valence-corrected chi connectivity index (χ0v) is 10.7. The van der Waals surface area contributed by atoms with Crippen molar-refractivity contribution in [2.75, 3.05) is 18.9 Å². The highest BCUT2D eigenvalue weighted by atomic mass is 32.2. The summed E-state index contributed by atoms with van der Waals surface area (Å²) in [4.78, 5) is -0.179. The topological polar surface area (TPSA) is 92.4 Å². The van der Waals surface area contributed by atoms with E-state index in [1.54, 1.807) is 0 Å². The largest absolute Gasteiger partial charge is 0.399 e. The third-order valence-corrected chi connectivity index (χ3v) is 3.77. The van der Waals surface area contributed by atoms with Crippen molar-refractivity contribution in [3.63, 3.8) is 0 Å². The minimum Gasteiger partial charge on any atom is -0.399 e. The van der Waals surface area contributed by atoms with Crippen LogP contribution in [-0.2, 0) is 10.0 Å². The van der Waals surface area contributed by atoms with Gasteiger partial charge in [0.1, 0.15) is 5.82 Å². The molecule has 1 rings (SSSR count). The number of nitrogen functional groups attached to an aromatic ring is 1. The van der Waals surface area contributed by atoms with Crippen molar-refractivity contribution in [1.29, 1.82) is 0 Å². The van der Waals surface area contributed by atoms with Crippen molar-refractivity contribution in [3.8, 4) is 0 Å². The predicted molar refractivity (Wildman–Crippen MR) is 66.9 cm³/mol. The summed E-state index contributed by atoms with van der Waals surface area (Å²) < 4.78 is 39.0. The number of unbranched alkanes of at least 4 members (excludes halogenated alkanes) is 2. The van der Waals surface area contributed by atoms with E-state index in [4.69, 9.17) is 10.8 Å². The molecule has 0 unspecified atom stereocenters. The van der Waals surface area contributed by atoms with Crippen molar-refractivity contribution in [2.45, 2.75) is 24.2 Å². The van der Waals surface area contributed by atoms with Crippen molar-refractivity contribution in [2.24, 2.45) is 0 Å². The van der Waals surface area contributed by atoms with Gasteiger partial charge in [-0.1, -0.05) is 0 Å². The number of anilines is 1. The number of nitrogens with two attached hydrogens (primary N) is 1. The first-order valence-electron chi connectivity index (χ1n) is 5.62. The zero-order valence-electron chi connectivity index (χ0n) is 9.89. The third kappa shape index (κ3) is 4.59. The molecule has 0 fully saturated rings. The first-order chi connectivity index (χ1) is 8.45. The van der Waals surface area contributed by atoms with Gasteiger partial charge in [0.05, 0.1) is 4.90 Å². The summed E-state index contributed by atoms with van der Waals surface area (Å²) in [5, 5.41) is 8.57. The van der Waals surface area contributed by atoms with Gasteiger partial charge in [-0.2, -0.15) is 0 Å². The maximum Gasteiger partial charge on any atom is 0.240 e. The first-order valence-corrected chi connectivity index (χ1v) is 7.10. The van der Waals surface area contributed by atoms with Crippen LogP contribution in [0.4, 0.5) is 10.1 Å². The van der Waals surface area contributed by atoms with Gasteiger partial charge < -0.3 is 10.8 Å². The molecule has 0 radical (unpaired) electrons. The molecule has 0 bridgehead atoms. The van der Waals surface area contributed by atoms with E-state index in [2.05, 4.69) is 4.72 Å². The molecule has 7 heteroatoms. The smallest absolute Gasteiger partial charge is 0.240 e.